The number of hydrogen-bond acceptors (Lipinski definition) is 2. The van der Waals surface area contributed by atoms with Gasteiger partial charge in [0.2, 0.25) is 0 Å². The second-order valence-electron chi connectivity index (χ2n) is 5.45. The van der Waals surface area contributed by atoms with E-state index in [1.54, 1.807) is 18.2 Å². The molecule has 0 bridgehead atoms. The van der Waals surface area contributed by atoms with Gasteiger partial charge in [0.15, 0.2) is 0 Å². The lowest BCUT2D eigenvalue weighted by Gasteiger charge is -2.33. The predicted molar refractivity (Wildman–Crippen MR) is 89.7 cm³/mol. The molecule has 1 aromatic rings. The molecule has 1 fully saturated rings. The Morgan fingerprint density at radius 3 is 2.57 bits per heavy atom. The number of hydrogen-bond donors (Lipinski definition) is 2. The first-order valence-electron chi connectivity index (χ1n) is 6.91. The largest absolute Gasteiger partial charge is 0.481 e. The van der Waals surface area contributed by atoms with Gasteiger partial charge < -0.3 is 10.4 Å². The number of aliphatic carboxylic acids is 1. The van der Waals surface area contributed by atoms with Crippen LogP contribution in [0.5, 0.6) is 0 Å². The average molecular weight is 422 g/mol. The number of carbonyl (C=O) groups is 2. The van der Waals surface area contributed by atoms with Gasteiger partial charge in [0.25, 0.3) is 5.91 Å². The van der Waals surface area contributed by atoms with Gasteiger partial charge in [-0.2, -0.15) is 0 Å². The van der Waals surface area contributed by atoms with E-state index in [-0.39, 0.29) is 12.5 Å². The fraction of sp³-hybridized carbons (Fsp3) is 0.467. The highest BCUT2D eigenvalue weighted by Crippen LogP contribution is 2.36. The third-order valence-corrected chi connectivity index (χ3v) is 5.20. The molecule has 1 aliphatic rings. The Balaban J connectivity index is 2.08. The number of carbonyl (C=O) groups excluding carboxylic acids is 1. The quantitative estimate of drug-likeness (QED) is 0.729. The van der Waals surface area contributed by atoms with Crippen LogP contribution < -0.4 is 5.32 Å². The van der Waals surface area contributed by atoms with E-state index in [9.17, 15) is 14.7 Å². The van der Waals surface area contributed by atoms with Gasteiger partial charge in [-0.15, -0.1) is 0 Å². The van der Waals surface area contributed by atoms with Crippen LogP contribution in [0.1, 0.15) is 42.5 Å². The third-order valence-electron chi connectivity index (χ3n) is 4.02. The number of amides is 1. The van der Waals surface area contributed by atoms with Crippen LogP contribution in [-0.2, 0) is 4.79 Å². The molecule has 0 saturated heterocycles. The molecule has 6 heteroatoms. The summed E-state index contributed by atoms with van der Waals surface area (Å²) in [5.74, 6) is -1.09. The second kappa shape index (κ2) is 6.96. The van der Waals surface area contributed by atoms with Crippen LogP contribution in [0.2, 0.25) is 5.02 Å². The summed E-state index contributed by atoms with van der Waals surface area (Å²) in [6.45, 7) is 0.170. The number of carboxylic acids is 1. The lowest BCUT2D eigenvalue weighted by molar-refractivity contribution is -0.150. The zero-order valence-electron chi connectivity index (χ0n) is 11.5. The topological polar surface area (TPSA) is 66.4 Å². The van der Waals surface area contributed by atoms with E-state index in [1.807, 2.05) is 0 Å². The maximum absolute atomic E-state index is 12.3. The highest BCUT2D eigenvalue weighted by atomic mass is 127. The molecule has 0 spiro atoms. The summed E-state index contributed by atoms with van der Waals surface area (Å²) < 4.78 is 0.794. The molecule has 1 aliphatic carbocycles. The smallest absolute Gasteiger partial charge is 0.311 e. The van der Waals surface area contributed by atoms with Crippen molar-refractivity contribution in [2.45, 2.75) is 32.1 Å². The molecule has 0 atom stereocenters. The van der Waals surface area contributed by atoms with Crippen molar-refractivity contribution < 1.29 is 14.7 Å². The van der Waals surface area contributed by atoms with Crippen LogP contribution in [0, 0.1) is 8.99 Å². The Morgan fingerprint density at radius 1 is 1.29 bits per heavy atom. The molecule has 114 valence electrons. The molecule has 0 heterocycles. The number of halogens is 2. The molecular weight excluding hydrogens is 405 g/mol. The maximum Gasteiger partial charge on any atom is 0.311 e. The highest BCUT2D eigenvalue weighted by Gasteiger charge is 2.39. The molecule has 2 N–H and O–H groups in total. The van der Waals surface area contributed by atoms with E-state index in [0.29, 0.717) is 23.4 Å². The lowest BCUT2D eigenvalue weighted by Crippen LogP contribution is -2.44. The van der Waals surface area contributed by atoms with Gasteiger partial charge in [0.05, 0.1) is 11.0 Å². The molecule has 0 radical (unpaired) electrons. The second-order valence-corrected chi connectivity index (χ2v) is 7.05. The molecule has 0 aliphatic heterocycles. The van der Waals surface area contributed by atoms with E-state index < -0.39 is 11.4 Å². The van der Waals surface area contributed by atoms with Crippen LogP contribution in [0.3, 0.4) is 0 Å². The minimum Gasteiger partial charge on any atom is -0.481 e. The van der Waals surface area contributed by atoms with Crippen molar-refractivity contribution in [1.29, 1.82) is 0 Å². The van der Waals surface area contributed by atoms with Crippen molar-refractivity contribution in [2.24, 2.45) is 5.41 Å². The lowest BCUT2D eigenvalue weighted by atomic mass is 9.74. The molecular formula is C15H17ClINO3. The zero-order valence-corrected chi connectivity index (χ0v) is 14.4. The molecule has 1 saturated carbocycles. The van der Waals surface area contributed by atoms with Gasteiger partial charge in [0.1, 0.15) is 0 Å². The van der Waals surface area contributed by atoms with Crippen molar-refractivity contribution in [1.82, 2.24) is 5.32 Å². The summed E-state index contributed by atoms with van der Waals surface area (Å²) in [6, 6.07) is 5.10. The zero-order chi connectivity index (χ0) is 15.5. The van der Waals surface area contributed by atoms with Gasteiger partial charge in [-0.05, 0) is 53.6 Å². The number of carboxylic acid groups (broad SMARTS) is 1. The van der Waals surface area contributed by atoms with Gasteiger partial charge in [-0.3, -0.25) is 9.59 Å². The third kappa shape index (κ3) is 3.88. The van der Waals surface area contributed by atoms with Crippen LogP contribution in [0.15, 0.2) is 18.2 Å². The van der Waals surface area contributed by atoms with Crippen molar-refractivity contribution in [3.8, 4) is 0 Å². The van der Waals surface area contributed by atoms with E-state index >= 15 is 0 Å². The minimum absolute atomic E-state index is 0.170. The first-order chi connectivity index (χ1) is 9.94. The van der Waals surface area contributed by atoms with E-state index in [0.717, 1.165) is 22.8 Å². The van der Waals surface area contributed by atoms with E-state index in [2.05, 4.69) is 27.9 Å². The first kappa shape index (κ1) is 16.5. The molecule has 21 heavy (non-hydrogen) atoms. The monoisotopic (exact) mass is 421 g/mol. The molecule has 4 nitrogen and oxygen atoms in total. The Kier molecular flexibility index (Phi) is 5.48. The summed E-state index contributed by atoms with van der Waals surface area (Å²) in [5, 5.41) is 12.8. The highest BCUT2D eigenvalue weighted by molar-refractivity contribution is 14.1. The van der Waals surface area contributed by atoms with Crippen molar-refractivity contribution in [2.75, 3.05) is 6.54 Å². The van der Waals surface area contributed by atoms with Gasteiger partial charge >= 0.3 is 5.97 Å². The minimum atomic E-state index is -0.822. The number of rotatable bonds is 4. The van der Waals surface area contributed by atoms with Gasteiger partial charge in [-0.1, -0.05) is 30.9 Å². The SMILES string of the molecule is O=C(NCC1(C(=O)O)CCCCC1)c1cc(Cl)ccc1I. The number of benzene rings is 1. The molecule has 0 aromatic heterocycles. The predicted octanol–water partition coefficient (Wildman–Crippen LogP) is 3.71. The van der Waals surface area contributed by atoms with Crippen molar-refractivity contribution in [3.05, 3.63) is 32.4 Å². The summed E-state index contributed by atoms with van der Waals surface area (Å²) in [4.78, 5) is 23.8. The maximum atomic E-state index is 12.3. The normalized spacial score (nSPS) is 17.2. The molecule has 2 rings (SSSR count). The van der Waals surface area contributed by atoms with Crippen molar-refractivity contribution >= 4 is 46.1 Å². The van der Waals surface area contributed by atoms with Crippen LogP contribution in [0.25, 0.3) is 0 Å². The van der Waals surface area contributed by atoms with Crippen molar-refractivity contribution in [3.63, 3.8) is 0 Å². The summed E-state index contributed by atoms with van der Waals surface area (Å²) in [5.41, 5.74) is -0.336. The first-order valence-corrected chi connectivity index (χ1v) is 8.37. The van der Waals surface area contributed by atoms with Crippen LogP contribution in [0.4, 0.5) is 0 Å². The Bertz CT molecular complexity index is 556. The molecule has 0 unspecified atom stereocenters. The standard InChI is InChI=1S/C15H17ClINO3/c16-10-4-5-12(17)11(8-10)13(19)18-9-15(14(20)21)6-2-1-3-7-15/h4-5,8H,1-3,6-7,9H2,(H,18,19)(H,20,21). The fourth-order valence-corrected chi connectivity index (χ4v) is 3.46. The van der Waals surface area contributed by atoms with E-state index in [1.165, 1.54) is 0 Å². The average Bonchev–Trinajstić information content (AvgIpc) is 2.48. The molecule has 1 amide bonds. The number of nitrogens with one attached hydrogen (secondary N) is 1. The Hall–Kier alpha value is -0.820. The summed E-state index contributed by atoms with van der Waals surface area (Å²) >= 11 is 7.98. The van der Waals surface area contributed by atoms with Gasteiger partial charge in [0, 0.05) is 15.1 Å². The van der Waals surface area contributed by atoms with Crippen LogP contribution >= 0.6 is 34.2 Å². The van der Waals surface area contributed by atoms with Gasteiger partial charge in [-0.25, -0.2) is 0 Å². The van der Waals surface area contributed by atoms with E-state index in [4.69, 9.17) is 11.6 Å². The molecule has 1 aromatic carbocycles. The fourth-order valence-electron chi connectivity index (χ4n) is 2.71. The summed E-state index contributed by atoms with van der Waals surface area (Å²) in [7, 11) is 0. The Morgan fingerprint density at radius 2 is 1.95 bits per heavy atom. The summed E-state index contributed by atoms with van der Waals surface area (Å²) in [6.07, 6.45) is 4.10. The Labute approximate surface area is 142 Å². The van der Waals surface area contributed by atoms with Crippen LogP contribution in [-0.4, -0.2) is 23.5 Å².